The highest BCUT2D eigenvalue weighted by Gasteiger charge is 2.45. The lowest BCUT2D eigenvalue weighted by Gasteiger charge is -2.39. The number of amides is 2. The van der Waals surface area contributed by atoms with Crippen molar-refractivity contribution >= 4 is 23.4 Å². The summed E-state index contributed by atoms with van der Waals surface area (Å²) in [6.45, 7) is 3.18. The summed E-state index contributed by atoms with van der Waals surface area (Å²) in [5.41, 5.74) is -0.354. The zero-order valence-corrected chi connectivity index (χ0v) is 15.1. The van der Waals surface area contributed by atoms with Crippen LogP contribution in [0.2, 0.25) is 5.02 Å². The molecule has 0 saturated carbocycles. The maximum atomic E-state index is 12.3. The molecule has 7 heteroatoms. The number of piperidine rings is 1. The Hall–Kier alpha value is -1.79. The van der Waals surface area contributed by atoms with Crippen LogP contribution in [0.3, 0.4) is 0 Å². The average Bonchev–Trinajstić information content (AvgIpc) is 2.94. The zero-order chi connectivity index (χ0) is 17.9. The van der Waals surface area contributed by atoms with Crippen molar-refractivity contribution in [1.29, 1.82) is 0 Å². The van der Waals surface area contributed by atoms with Crippen molar-refractivity contribution < 1.29 is 19.1 Å². The van der Waals surface area contributed by atoms with Gasteiger partial charge >= 0.3 is 0 Å². The standard InChI is InChI=1S/C18H23ClN2O4/c1-13(22)20-10-17(23)21-7-3-6-18(12-21)9-16(11-24-18)25-15-5-2-4-14(19)8-15/h2,4-5,8,16H,3,6-7,9-12H2,1H3,(H,20,22)/t16-,18-/m1/s1. The van der Waals surface area contributed by atoms with Gasteiger partial charge in [0.15, 0.2) is 0 Å². The van der Waals surface area contributed by atoms with E-state index in [-0.39, 0.29) is 30.1 Å². The third-order valence-electron chi connectivity index (χ3n) is 4.65. The Morgan fingerprint density at radius 3 is 3.08 bits per heavy atom. The van der Waals surface area contributed by atoms with E-state index in [2.05, 4.69) is 5.32 Å². The Morgan fingerprint density at radius 2 is 2.32 bits per heavy atom. The van der Waals surface area contributed by atoms with E-state index in [4.69, 9.17) is 21.1 Å². The van der Waals surface area contributed by atoms with E-state index in [1.807, 2.05) is 12.1 Å². The summed E-state index contributed by atoms with van der Waals surface area (Å²) in [4.78, 5) is 25.0. The van der Waals surface area contributed by atoms with Gasteiger partial charge in [-0.2, -0.15) is 0 Å². The zero-order valence-electron chi connectivity index (χ0n) is 14.3. The molecule has 0 radical (unpaired) electrons. The average molecular weight is 367 g/mol. The van der Waals surface area contributed by atoms with Crippen LogP contribution in [-0.4, -0.2) is 54.7 Å². The highest BCUT2D eigenvalue weighted by Crippen LogP contribution is 2.36. The molecule has 2 amide bonds. The van der Waals surface area contributed by atoms with Gasteiger partial charge in [-0.05, 0) is 31.0 Å². The smallest absolute Gasteiger partial charge is 0.242 e. The fourth-order valence-electron chi connectivity index (χ4n) is 3.52. The van der Waals surface area contributed by atoms with E-state index in [0.717, 1.165) is 25.0 Å². The number of likely N-dealkylation sites (tertiary alicyclic amines) is 1. The SMILES string of the molecule is CC(=O)NCC(=O)N1CCC[C@@]2(C[C@@H](Oc3cccc(Cl)c3)CO2)C1. The third kappa shape index (κ3) is 4.64. The second-order valence-electron chi connectivity index (χ2n) is 6.72. The Morgan fingerprint density at radius 1 is 1.48 bits per heavy atom. The first-order chi connectivity index (χ1) is 12.0. The molecule has 2 aliphatic heterocycles. The minimum absolute atomic E-state index is 0.0356. The second-order valence-corrected chi connectivity index (χ2v) is 7.16. The lowest BCUT2D eigenvalue weighted by atomic mass is 9.89. The summed E-state index contributed by atoms with van der Waals surface area (Å²) in [5.74, 6) is 0.455. The van der Waals surface area contributed by atoms with Crippen molar-refractivity contribution in [2.45, 2.75) is 37.9 Å². The maximum absolute atomic E-state index is 12.3. The molecule has 0 unspecified atom stereocenters. The number of carbonyl (C=O) groups excluding carboxylic acids is 2. The fraction of sp³-hybridized carbons (Fsp3) is 0.556. The van der Waals surface area contributed by atoms with Crippen LogP contribution >= 0.6 is 11.6 Å². The van der Waals surface area contributed by atoms with Crippen LogP contribution in [0, 0.1) is 0 Å². The van der Waals surface area contributed by atoms with Crippen molar-refractivity contribution in [2.75, 3.05) is 26.2 Å². The van der Waals surface area contributed by atoms with Gasteiger partial charge in [-0.25, -0.2) is 0 Å². The van der Waals surface area contributed by atoms with Crippen LogP contribution in [0.25, 0.3) is 0 Å². The summed E-state index contributed by atoms with van der Waals surface area (Å²) in [6.07, 6.45) is 2.48. The van der Waals surface area contributed by atoms with Gasteiger partial charge in [0.25, 0.3) is 0 Å². The summed E-state index contributed by atoms with van der Waals surface area (Å²) in [5, 5.41) is 3.20. The van der Waals surface area contributed by atoms with Gasteiger partial charge in [0, 0.05) is 31.5 Å². The van der Waals surface area contributed by atoms with E-state index in [1.54, 1.807) is 17.0 Å². The molecule has 2 heterocycles. The van der Waals surface area contributed by atoms with E-state index in [0.29, 0.717) is 24.7 Å². The molecule has 136 valence electrons. The van der Waals surface area contributed by atoms with Gasteiger partial charge < -0.3 is 19.7 Å². The number of benzene rings is 1. The molecule has 6 nitrogen and oxygen atoms in total. The molecule has 2 atom stereocenters. The van der Waals surface area contributed by atoms with Crippen molar-refractivity contribution in [3.8, 4) is 5.75 Å². The van der Waals surface area contributed by atoms with Gasteiger partial charge in [0.2, 0.25) is 11.8 Å². The molecule has 2 fully saturated rings. The number of rotatable bonds is 4. The summed E-state index contributed by atoms with van der Waals surface area (Å²) >= 11 is 5.99. The van der Waals surface area contributed by atoms with Gasteiger partial charge in [0.05, 0.1) is 18.8 Å². The predicted octanol–water partition coefficient (Wildman–Crippen LogP) is 2.00. The first-order valence-corrected chi connectivity index (χ1v) is 8.92. The first-order valence-electron chi connectivity index (χ1n) is 8.54. The molecule has 2 saturated heterocycles. The Kier molecular flexibility index (Phi) is 5.49. The molecule has 3 rings (SSSR count). The van der Waals surface area contributed by atoms with Crippen molar-refractivity contribution in [3.63, 3.8) is 0 Å². The summed E-state index contributed by atoms with van der Waals surface area (Å²) in [7, 11) is 0. The molecule has 0 aliphatic carbocycles. The summed E-state index contributed by atoms with van der Waals surface area (Å²) in [6, 6.07) is 7.32. The molecule has 0 bridgehead atoms. The van der Waals surface area contributed by atoms with Crippen LogP contribution in [0.15, 0.2) is 24.3 Å². The normalized spacial score (nSPS) is 25.8. The molecule has 1 aromatic rings. The van der Waals surface area contributed by atoms with Crippen molar-refractivity contribution in [2.24, 2.45) is 0 Å². The van der Waals surface area contributed by atoms with E-state index >= 15 is 0 Å². The fourth-order valence-corrected chi connectivity index (χ4v) is 3.70. The van der Waals surface area contributed by atoms with Gasteiger partial charge in [-0.1, -0.05) is 17.7 Å². The minimum Gasteiger partial charge on any atom is -0.488 e. The Bertz CT molecular complexity index is 654. The number of halogens is 1. The monoisotopic (exact) mass is 366 g/mol. The van der Waals surface area contributed by atoms with Crippen LogP contribution in [0.1, 0.15) is 26.2 Å². The lowest BCUT2D eigenvalue weighted by molar-refractivity contribution is -0.139. The Labute approximate surface area is 152 Å². The number of ether oxygens (including phenoxy) is 2. The molecule has 1 spiro atoms. The molecular formula is C18H23ClN2O4. The van der Waals surface area contributed by atoms with E-state index < -0.39 is 0 Å². The third-order valence-corrected chi connectivity index (χ3v) is 4.89. The predicted molar refractivity (Wildman–Crippen MR) is 93.7 cm³/mol. The minimum atomic E-state index is -0.354. The quantitative estimate of drug-likeness (QED) is 0.885. The lowest BCUT2D eigenvalue weighted by Crippen LogP contribution is -2.52. The van der Waals surface area contributed by atoms with Crippen LogP contribution in [0.5, 0.6) is 5.75 Å². The largest absolute Gasteiger partial charge is 0.488 e. The topological polar surface area (TPSA) is 67.9 Å². The number of nitrogens with one attached hydrogen (secondary N) is 1. The molecular weight excluding hydrogens is 344 g/mol. The van der Waals surface area contributed by atoms with Gasteiger partial charge in [0.1, 0.15) is 11.9 Å². The van der Waals surface area contributed by atoms with Crippen LogP contribution < -0.4 is 10.1 Å². The van der Waals surface area contributed by atoms with Gasteiger partial charge in [-0.3, -0.25) is 9.59 Å². The highest BCUT2D eigenvalue weighted by molar-refractivity contribution is 6.30. The van der Waals surface area contributed by atoms with E-state index in [9.17, 15) is 9.59 Å². The highest BCUT2D eigenvalue weighted by atomic mass is 35.5. The van der Waals surface area contributed by atoms with Crippen LogP contribution in [-0.2, 0) is 14.3 Å². The van der Waals surface area contributed by atoms with Crippen molar-refractivity contribution in [1.82, 2.24) is 10.2 Å². The number of hydrogen-bond acceptors (Lipinski definition) is 4. The Balaban J connectivity index is 1.57. The number of hydrogen-bond donors (Lipinski definition) is 1. The molecule has 1 N–H and O–H groups in total. The van der Waals surface area contributed by atoms with Crippen LogP contribution in [0.4, 0.5) is 0 Å². The van der Waals surface area contributed by atoms with E-state index in [1.165, 1.54) is 6.92 Å². The molecule has 25 heavy (non-hydrogen) atoms. The number of carbonyl (C=O) groups is 2. The first kappa shape index (κ1) is 18.0. The summed E-state index contributed by atoms with van der Waals surface area (Å²) < 4.78 is 12.1. The molecule has 0 aromatic heterocycles. The number of nitrogens with zero attached hydrogens (tertiary/aromatic N) is 1. The van der Waals surface area contributed by atoms with Gasteiger partial charge in [-0.15, -0.1) is 0 Å². The molecule has 2 aliphatic rings. The maximum Gasteiger partial charge on any atom is 0.242 e. The second kappa shape index (κ2) is 7.62. The molecule has 1 aromatic carbocycles. The van der Waals surface area contributed by atoms with Crippen molar-refractivity contribution in [3.05, 3.63) is 29.3 Å².